The first-order chi connectivity index (χ1) is 18.3. The highest BCUT2D eigenvalue weighted by molar-refractivity contribution is 9.10. The zero-order valence-corrected chi connectivity index (χ0v) is 23.9. The van der Waals surface area contributed by atoms with Gasteiger partial charge in [-0.25, -0.2) is 14.6 Å². The zero-order valence-electron chi connectivity index (χ0n) is 21.4. The van der Waals surface area contributed by atoms with Gasteiger partial charge in [0, 0.05) is 10.0 Å². The number of methoxy groups -OCH3 is 2. The maximum atomic E-state index is 13.9. The van der Waals surface area contributed by atoms with Crippen LogP contribution < -0.4 is 19.6 Å². The first-order valence-corrected chi connectivity index (χ1v) is 13.7. The van der Waals surface area contributed by atoms with Gasteiger partial charge in [-0.3, -0.25) is 9.36 Å². The number of fused-ring (bicyclic) bond motifs is 1. The van der Waals surface area contributed by atoms with Crippen LogP contribution in [0.15, 0.2) is 68.0 Å². The summed E-state index contributed by atoms with van der Waals surface area (Å²) in [7, 11) is 2.88. The Kier molecular flexibility index (Phi) is 8.63. The van der Waals surface area contributed by atoms with E-state index in [1.165, 1.54) is 23.0 Å². The molecule has 0 amide bonds. The lowest BCUT2D eigenvalue weighted by molar-refractivity contribution is -0.139. The predicted molar refractivity (Wildman–Crippen MR) is 148 cm³/mol. The molecule has 8 nitrogen and oxygen atoms in total. The van der Waals surface area contributed by atoms with E-state index >= 15 is 0 Å². The summed E-state index contributed by atoms with van der Waals surface area (Å²) >= 11 is 4.76. The van der Waals surface area contributed by atoms with Gasteiger partial charge in [0.05, 0.1) is 42.2 Å². The molecule has 38 heavy (non-hydrogen) atoms. The molecule has 0 radical (unpaired) electrons. The number of carbonyl (C=O) groups excluding carboxylic acids is 2. The number of rotatable bonds is 8. The van der Waals surface area contributed by atoms with E-state index in [4.69, 9.17) is 19.2 Å². The molecule has 0 fully saturated rings. The van der Waals surface area contributed by atoms with Crippen molar-refractivity contribution in [2.24, 2.45) is 4.99 Å². The fourth-order valence-electron chi connectivity index (χ4n) is 4.32. The molecule has 1 atom stereocenters. The van der Waals surface area contributed by atoms with Crippen LogP contribution in [0.25, 0.3) is 6.08 Å². The molecule has 1 aliphatic rings. The summed E-state index contributed by atoms with van der Waals surface area (Å²) in [4.78, 5) is 44.2. The molecule has 0 unspecified atom stereocenters. The zero-order chi connectivity index (χ0) is 27.4. The fraction of sp³-hybridized carbons (Fsp3) is 0.286. The number of hydrogen-bond donors (Lipinski definition) is 0. The largest absolute Gasteiger partial charge is 0.496 e. The number of hydrogen-bond acceptors (Lipinski definition) is 8. The third kappa shape index (κ3) is 5.37. The molecule has 0 spiro atoms. The molecule has 4 rings (SSSR count). The average Bonchev–Trinajstić information content (AvgIpc) is 3.22. The van der Waals surface area contributed by atoms with E-state index in [1.807, 2.05) is 19.1 Å². The number of ether oxygens (including phenoxy) is 3. The smallest absolute Gasteiger partial charge is 0.338 e. The van der Waals surface area contributed by atoms with E-state index < -0.39 is 18.0 Å². The summed E-state index contributed by atoms with van der Waals surface area (Å²) in [6.07, 6.45) is 3.04. The van der Waals surface area contributed by atoms with E-state index in [0.717, 1.165) is 16.5 Å². The van der Waals surface area contributed by atoms with Gasteiger partial charge in [0.2, 0.25) is 0 Å². The fourth-order valence-corrected chi connectivity index (χ4v) is 5.72. The Labute approximate surface area is 232 Å². The van der Waals surface area contributed by atoms with Gasteiger partial charge in [-0.1, -0.05) is 52.7 Å². The number of aromatic nitrogens is 1. The second kappa shape index (κ2) is 11.9. The molecular weight excluding hydrogens is 572 g/mol. The molecule has 0 bridgehead atoms. The Morgan fingerprint density at radius 3 is 2.47 bits per heavy atom. The average molecular weight is 600 g/mol. The van der Waals surface area contributed by atoms with Crippen molar-refractivity contribution in [1.82, 2.24) is 4.57 Å². The van der Waals surface area contributed by atoms with Crippen LogP contribution in [0.3, 0.4) is 0 Å². The maximum absolute atomic E-state index is 13.9. The van der Waals surface area contributed by atoms with E-state index in [9.17, 15) is 14.4 Å². The minimum Gasteiger partial charge on any atom is -0.496 e. The third-order valence-corrected chi connectivity index (χ3v) is 7.48. The monoisotopic (exact) mass is 598 g/mol. The van der Waals surface area contributed by atoms with Gasteiger partial charge in [-0.2, -0.15) is 0 Å². The molecule has 2 aromatic carbocycles. The molecular formula is C28H27BrN2O6S. The van der Waals surface area contributed by atoms with Crippen molar-refractivity contribution < 1.29 is 23.8 Å². The van der Waals surface area contributed by atoms with E-state index in [0.29, 0.717) is 43.9 Å². The highest BCUT2D eigenvalue weighted by atomic mass is 79.9. The van der Waals surface area contributed by atoms with Crippen LogP contribution in [0.1, 0.15) is 54.2 Å². The Morgan fingerprint density at radius 1 is 1.11 bits per heavy atom. The molecule has 0 N–H and O–H groups in total. The third-order valence-electron chi connectivity index (χ3n) is 6.01. The van der Waals surface area contributed by atoms with Gasteiger partial charge < -0.3 is 14.2 Å². The van der Waals surface area contributed by atoms with Crippen molar-refractivity contribution in [3.8, 4) is 5.75 Å². The quantitative estimate of drug-likeness (QED) is 0.362. The summed E-state index contributed by atoms with van der Waals surface area (Å²) in [6, 6.07) is 11.5. The Balaban J connectivity index is 1.98. The van der Waals surface area contributed by atoms with Gasteiger partial charge in [-0.05, 0) is 55.3 Å². The van der Waals surface area contributed by atoms with Crippen molar-refractivity contribution in [3.63, 3.8) is 0 Å². The number of benzene rings is 2. The second-order valence-electron chi connectivity index (χ2n) is 8.41. The first kappa shape index (κ1) is 27.5. The highest BCUT2D eigenvalue weighted by Gasteiger charge is 2.36. The lowest BCUT2D eigenvalue weighted by atomic mass is 9.93. The lowest BCUT2D eigenvalue weighted by Crippen LogP contribution is -2.40. The molecule has 1 aliphatic heterocycles. The molecule has 0 saturated carbocycles. The second-order valence-corrected chi connectivity index (χ2v) is 10.3. The molecule has 1 aromatic heterocycles. The topological polar surface area (TPSA) is 96.2 Å². The van der Waals surface area contributed by atoms with Crippen molar-refractivity contribution in [2.75, 3.05) is 20.8 Å². The van der Waals surface area contributed by atoms with Gasteiger partial charge in [0.1, 0.15) is 11.8 Å². The van der Waals surface area contributed by atoms with Crippen molar-refractivity contribution >= 4 is 45.3 Å². The summed E-state index contributed by atoms with van der Waals surface area (Å²) in [5.41, 5.74) is 2.41. The van der Waals surface area contributed by atoms with Crippen LogP contribution in [0.5, 0.6) is 5.75 Å². The Hall–Kier alpha value is -3.50. The van der Waals surface area contributed by atoms with E-state index in [-0.39, 0.29) is 12.2 Å². The number of halogens is 1. The van der Waals surface area contributed by atoms with Crippen LogP contribution in [0, 0.1) is 0 Å². The molecule has 3 aromatic rings. The first-order valence-electron chi connectivity index (χ1n) is 12.1. The molecule has 10 heteroatoms. The van der Waals surface area contributed by atoms with Crippen LogP contribution in [-0.4, -0.2) is 37.3 Å². The summed E-state index contributed by atoms with van der Waals surface area (Å²) < 4.78 is 18.6. The van der Waals surface area contributed by atoms with Gasteiger partial charge in [0.25, 0.3) is 5.56 Å². The summed E-state index contributed by atoms with van der Waals surface area (Å²) in [6.45, 7) is 3.94. The highest BCUT2D eigenvalue weighted by Crippen LogP contribution is 2.38. The lowest BCUT2D eigenvalue weighted by Gasteiger charge is -2.27. The number of nitrogens with zero attached hydrogens (tertiary/aromatic N) is 2. The Bertz CT molecular complexity index is 1590. The standard InChI is InChI=1S/C28H27BrN2O6S/c1-5-7-20-23(27(34)37-6-2)24(19-15-18(29)12-13-21(19)35-3)31-25(32)22(38-28(31)30-20)14-16-8-10-17(11-9-16)26(33)36-4/h8-15,24H,5-7H2,1-4H3/b22-14+/t24-/m1/s1. The molecule has 198 valence electrons. The number of carbonyl (C=O) groups is 2. The number of thiazole rings is 1. The normalized spacial score (nSPS) is 15.1. The number of esters is 2. The van der Waals surface area contributed by atoms with Crippen LogP contribution >= 0.6 is 27.3 Å². The van der Waals surface area contributed by atoms with Gasteiger partial charge in [0.15, 0.2) is 4.80 Å². The minimum atomic E-state index is -0.789. The minimum absolute atomic E-state index is 0.191. The van der Waals surface area contributed by atoms with Crippen LogP contribution in [0.4, 0.5) is 0 Å². The van der Waals surface area contributed by atoms with E-state index in [1.54, 1.807) is 50.4 Å². The van der Waals surface area contributed by atoms with Crippen LogP contribution in [-0.2, 0) is 14.3 Å². The molecule has 0 saturated heterocycles. The summed E-state index contributed by atoms with van der Waals surface area (Å²) in [5, 5.41) is 0. The van der Waals surface area contributed by atoms with Gasteiger partial charge >= 0.3 is 11.9 Å². The molecule has 2 heterocycles. The molecule has 0 aliphatic carbocycles. The maximum Gasteiger partial charge on any atom is 0.338 e. The van der Waals surface area contributed by atoms with E-state index in [2.05, 4.69) is 15.9 Å². The SMILES string of the molecule is CCCC1=C(C(=O)OCC)[C@@H](c2cc(Br)ccc2OC)n2c(s/c(=C/c3ccc(C(=O)OC)cc3)c2=O)=N1. The van der Waals surface area contributed by atoms with Crippen LogP contribution in [0.2, 0.25) is 0 Å². The summed E-state index contributed by atoms with van der Waals surface area (Å²) in [5.74, 6) is -0.418. The Morgan fingerprint density at radius 2 is 1.84 bits per heavy atom. The van der Waals surface area contributed by atoms with Crippen molar-refractivity contribution in [2.45, 2.75) is 32.7 Å². The van der Waals surface area contributed by atoms with Crippen molar-refractivity contribution in [3.05, 3.63) is 94.6 Å². The number of allylic oxidation sites excluding steroid dienone is 1. The van der Waals surface area contributed by atoms with Gasteiger partial charge in [-0.15, -0.1) is 0 Å². The predicted octanol–water partition coefficient (Wildman–Crippen LogP) is 4.14. The van der Waals surface area contributed by atoms with Crippen molar-refractivity contribution in [1.29, 1.82) is 0 Å².